The third-order valence-corrected chi connectivity index (χ3v) is 4.43. The van der Waals surface area contributed by atoms with Gasteiger partial charge in [0.15, 0.2) is 0 Å². The standard InChI is InChI=1S/C18H19ClN2O.ClH/c1-12(16-7-2-3-8-17(16)19)21(15-9-10-15)18(22)13-5-4-6-14(20)11-13;/h2-8,11-12,15H,9-10,20H2,1H3;1H. The molecule has 1 aliphatic carbocycles. The number of nitrogens with zero attached hydrogens (tertiary/aromatic N) is 1. The number of nitrogens with two attached hydrogens (primary N) is 1. The molecule has 0 aliphatic heterocycles. The van der Waals surface area contributed by atoms with E-state index < -0.39 is 0 Å². The van der Waals surface area contributed by atoms with Crippen LogP contribution in [0.3, 0.4) is 0 Å². The molecule has 0 aromatic heterocycles. The molecule has 3 nitrogen and oxygen atoms in total. The zero-order valence-corrected chi connectivity index (χ0v) is 14.5. The fraction of sp³-hybridized carbons (Fsp3) is 0.278. The predicted molar refractivity (Wildman–Crippen MR) is 97.2 cm³/mol. The molecule has 0 bridgehead atoms. The van der Waals surface area contributed by atoms with Gasteiger partial charge in [-0.25, -0.2) is 0 Å². The molecule has 0 saturated heterocycles. The minimum Gasteiger partial charge on any atom is -0.399 e. The first-order chi connectivity index (χ1) is 10.6. The molecular weight excluding hydrogens is 331 g/mol. The van der Waals surface area contributed by atoms with E-state index in [1.165, 1.54) is 0 Å². The van der Waals surface area contributed by atoms with Crippen LogP contribution in [0.5, 0.6) is 0 Å². The molecule has 1 saturated carbocycles. The molecule has 1 aliphatic rings. The fourth-order valence-corrected chi connectivity index (χ4v) is 3.09. The Morgan fingerprint density at radius 2 is 1.91 bits per heavy atom. The van der Waals surface area contributed by atoms with Crippen molar-refractivity contribution in [3.05, 3.63) is 64.7 Å². The molecular formula is C18H20Cl2N2O. The van der Waals surface area contributed by atoms with Gasteiger partial charge in [0, 0.05) is 22.3 Å². The van der Waals surface area contributed by atoms with Crippen molar-refractivity contribution in [3.8, 4) is 0 Å². The minimum atomic E-state index is -0.0601. The van der Waals surface area contributed by atoms with E-state index >= 15 is 0 Å². The fourth-order valence-electron chi connectivity index (χ4n) is 2.80. The molecule has 2 N–H and O–H groups in total. The highest BCUT2D eigenvalue weighted by Crippen LogP contribution is 2.37. The zero-order chi connectivity index (χ0) is 15.7. The molecule has 0 radical (unpaired) electrons. The highest BCUT2D eigenvalue weighted by molar-refractivity contribution is 6.31. The summed E-state index contributed by atoms with van der Waals surface area (Å²) in [4.78, 5) is 14.9. The van der Waals surface area contributed by atoms with Gasteiger partial charge in [-0.2, -0.15) is 0 Å². The van der Waals surface area contributed by atoms with Gasteiger partial charge < -0.3 is 10.6 Å². The van der Waals surface area contributed by atoms with Crippen LogP contribution in [0.15, 0.2) is 48.5 Å². The van der Waals surface area contributed by atoms with Gasteiger partial charge in [-0.05, 0) is 49.6 Å². The lowest BCUT2D eigenvalue weighted by molar-refractivity contribution is 0.0674. The molecule has 122 valence electrons. The second-order valence-electron chi connectivity index (χ2n) is 5.77. The Hall–Kier alpha value is -1.71. The van der Waals surface area contributed by atoms with Crippen LogP contribution >= 0.6 is 24.0 Å². The van der Waals surface area contributed by atoms with Crippen molar-refractivity contribution in [3.63, 3.8) is 0 Å². The molecule has 1 fully saturated rings. The van der Waals surface area contributed by atoms with Gasteiger partial charge >= 0.3 is 0 Å². The SMILES string of the molecule is CC(c1ccccc1Cl)N(C(=O)c1cccc(N)c1)C1CC1.Cl. The maximum atomic E-state index is 12.9. The molecule has 2 aromatic rings. The summed E-state index contributed by atoms with van der Waals surface area (Å²) in [5.74, 6) is 0.0159. The van der Waals surface area contributed by atoms with E-state index in [1.807, 2.05) is 48.2 Å². The predicted octanol–water partition coefficient (Wildman–Crippen LogP) is 4.71. The Morgan fingerprint density at radius 3 is 2.52 bits per heavy atom. The van der Waals surface area contributed by atoms with Crippen molar-refractivity contribution in [2.75, 3.05) is 5.73 Å². The van der Waals surface area contributed by atoms with Crippen LogP contribution in [0.1, 0.15) is 41.7 Å². The van der Waals surface area contributed by atoms with Crippen molar-refractivity contribution >= 4 is 35.6 Å². The number of carbonyl (C=O) groups is 1. The number of rotatable bonds is 4. The van der Waals surface area contributed by atoms with Gasteiger partial charge in [-0.1, -0.05) is 35.9 Å². The Balaban J connectivity index is 0.00000192. The van der Waals surface area contributed by atoms with Crippen LogP contribution < -0.4 is 5.73 Å². The molecule has 23 heavy (non-hydrogen) atoms. The molecule has 0 heterocycles. The maximum absolute atomic E-state index is 12.9. The Bertz CT molecular complexity index is 701. The smallest absolute Gasteiger partial charge is 0.254 e. The first kappa shape index (κ1) is 17.6. The summed E-state index contributed by atoms with van der Waals surface area (Å²) >= 11 is 6.31. The van der Waals surface area contributed by atoms with E-state index in [2.05, 4.69) is 0 Å². The number of carbonyl (C=O) groups excluding carboxylic acids is 1. The summed E-state index contributed by atoms with van der Waals surface area (Å²) in [6.45, 7) is 2.03. The zero-order valence-electron chi connectivity index (χ0n) is 12.9. The van der Waals surface area contributed by atoms with Gasteiger partial charge in [-0.3, -0.25) is 4.79 Å². The van der Waals surface area contributed by atoms with Crippen LogP contribution in [0, 0.1) is 0 Å². The highest BCUT2D eigenvalue weighted by Gasteiger charge is 2.37. The van der Waals surface area contributed by atoms with Gasteiger partial charge in [-0.15, -0.1) is 12.4 Å². The molecule has 1 atom stereocenters. The highest BCUT2D eigenvalue weighted by atomic mass is 35.5. The molecule has 3 rings (SSSR count). The Kier molecular flexibility index (Phi) is 5.55. The first-order valence-corrected chi connectivity index (χ1v) is 7.88. The van der Waals surface area contributed by atoms with E-state index in [4.69, 9.17) is 17.3 Å². The van der Waals surface area contributed by atoms with Crippen molar-refractivity contribution in [1.82, 2.24) is 4.90 Å². The second-order valence-corrected chi connectivity index (χ2v) is 6.17. The molecule has 1 amide bonds. The average molecular weight is 351 g/mol. The lowest BCUT2D eigenvalue weighted by Gasteiger charge is -2.30. The summed E-state index contributed by atoms with van der Waals surface area (Å²) in [6, 6.07) is 15.1. The van der Waals surface area contributed by atoms with Gasteiger partial charge in [0.2, 0.25) is 0 Å². The number of hydrogen-bond acceptors (Lipinski definition) is 2. The summed E-state index contributed by atoms with van der Waals surface area (Å²) in [5, 5.41) is 0.695. The van der Waals surface area contributed by atoms with Crippen LogP contribution in [0.25, 0.3) is 0 Å². The van der Waals surface area contributed by atoms with Crippen LogP contribution in [-0.2, 0) is 0 Å². The first-order valence-electron chi connectivity index (χ1n) is 7.50. The van der Waals surface area contributed by atoms with Crippen LogP contribution in [0.2, 0.25) is 5.02 Å². The summed E-state index contributed by atoms with van der Waals surface area (Å²) in [5.41, 5.74) is 8.02. The minimum absolute atomic E-state index is 0. The van der Waals surface area contributed by atoms with E-state index in [0.29, 0.717) is 22.3 Å². The Labute approximate surface area is 147 Å². The van der Waals surface area contributed by atoms with Crippen molar-refractivity contribution in [1.29, 1.82) is 0 Å². The summed E-state index contributed by atoms with van der Waals surface area (Å²) in [7, 11) is 0. The quantitative estimate of drug-likeness (QED) is 0.811. The summed E-state index contributed by atoms with van der Waals surface area (Å²) in [6.07, 6.45) is 2.09. The summed E-state index contributed by atoms with van der Waals surface area (Å²) < 4.78 is 0. The number of halogens is 2. The number of benzene rings is 2. The number of nitrogen functional groups attached to an aromatic ring is 1. The van der Waals surface area contributed by atoms with Crippen molar-refractivity contribution < 1.29 is 4.79 Å². The van der Waals surface area contributed by atoms with Gasteiger partial charge in [0.1, 0.15) is 0 Å². The number of amides is 1. The van der Waals surface area contributed by atoms with E-state index in [9.17, 15) is 4.79 Å². The molecule has 0 spiro atoms. The Morgan fingerprint density at radius 1 is 1.22 bits per heavy atom. The second kappa shape index (κ2) is 7.24. The average Bonchev–Trinajstić information content (AvgIpc) is 3.32. The molecule has 2 aromatic carbocycles. The maximum Gasteiger partial charge on any atom is 0.254 e. The normalized spacial score (nSPS) is 14.7. The largest absolute Gasteiger partial charge is 0.399 e. The monoisotopic (exact) mass is 350 g/mol. The van der Waals surface area contributed by atoms with Gasteiger partial charge in [0.25, 0.3) is 5.91 Å². The van der Waals surface area contributed by atoms with E-state index in [1.54, 1.807) is 12.1 Å². The lowest BCUT2D eigenvalue weighted by atomic mass is 10.0. The van der Waals surface area contributed by atoms with Crippen LogP contribution in [-0.4, -0.2) is 16.8 Å². The van der Waals surface area contributed by atoms with Gasteiger partial charge in [0.05, 0.1) is 6.04 Å². The lowest BCUT2D eigenvalue weighted by Crippen LogP contribution is -2.35. The van der Waals surface area contributed by atoms with Crippen LogP contribution in [0.4, 0.5) is 5.69 Å². The third-order valence-electron chi connectivity index (χ3n) is 4.08. The number of hydrogen-bond donors (Lipinski definition) is 1. The molecule has 1 unspecified atom stereocenters. The number of anilines is 1. The van der Waals surface area contributed by atoms with E-state index in [-0.39, 0.29) is 24.4 Å². The molecule has 5 heteroatoms. The van der Waals surface area contributed by atoms with Crippen molar-refractivity contribution in [2.45, 2.75) is 31.8 Å². The topological polar surface area (TPSA) is 46.3 Å². The third kappa shape index (κ3) is 3.80. The van der Waals surface area contributed by atoms with E-state index in [0.717, 1.165) is 18.4 Å². The van der Waals surface area contributed by atoms with Crippen molar-refractivity contribution in [2.24, 2.45) is 0 Å².